The Balaban J connectivity index is 1.60. The Morgan fingerprint density at radius 3 is 2.73 bits per heavy atom. The molecule has 1 aromatic carbocycles. The van der Waals surface area contributed by atoms with E-state index in [4.69, 9.17) is 4.74 Å². The molecule has 0 N–H and O–H groups in total. The van der Waals surface area contributed by atoms with Crippen molar-refractivity contribution < 1.29 is 9.53 Å². The molecule has 0 spiro atoms. The number of rotatable bonds is 4. The second kappa shape index (κ2) is 6.39. The summed E-state index contributed by atoms with van der Waals surface area (Å²) in [7, 11) is 1.76. The van der Waals surface area contributed by atoms with E-state index in [-0.39, 0.29) is 0 Å². The van der Waals surface area contributed by atoms with Gasteiger partial charge in [0.1, 0.15) is 11.5 Å². The van der Waals surface area contributed by atoms with Gasteiger partial charge < -0.3 is 9.53 Å². The van der Waals surface area contributed by atoms with Crippen LogP contribution >= 0.6 is 0 Å². The maximum atomic E-state index is 11.6. The standard InChI is InChI=1S/C24H34O2/c1-16(25)9-12-23(2)13-11-22-21-7-5-17-15-18(26-4)6-8-19(17)20(21)10-14-24(22,23)3/h6,8,15,20-22H,5,7,9-14H2,1-4H3/t20-,21-,22+,23-,24+/m1/s1. The van der Waals surface area contributed by atoms with Crippen molar-refractivity contribution in [2.24, 2.45) is 22.7 Å². The Hall–Kier alpha value is -1.31. The van der Waals surface area contributed by atoms with Crippen molar-refractivity contribution in [3.05, 3.63) is 29.3 Å². The van der Waals surface area contributed by atoms with Gasteiger partial charge in [-0.25, -0.2) is 0 Å². The van der Waals surface area contributed by atoms with E-state index in [9.17, 15) is 4.79 Å². The first kappa shape index (κ1) is 18.1. The van der Waals surface area contributed by atoms with Crippen molar-refractivity contribution in [3.8, 4) is 5.75 Å². The molecule has 0 unspecified atom stereocenters. The zero-order valence-electron chi connectivity index (χ0n) is 16.9. The van der Waals surface area contributed by atoms with Gasteiger partial charge in [-0.1, -0.05) is 19.9 Å². The summed E-state index contributed by atoms with van der Waals surface area (Å²) in [5.41, 5.74) is 3.87. The molecule has 0 saturated heterocycles. The lowest BCUT2D eigenvalue weighted by Crippen LogP contribution is -2.46. The summed E-state index contributed by atoms with van der Waals surface area (Å²) in [6.45, 7) is 6.80. The summed E-state index contributed by atoms with van der Waals surface area (Å²) in [6, 6.07) is 6.77. The first-order valence-electron chi connectivity index (χ1n) is 10.5. The number of carbonyl (C=O) groups is 1. The van der Waals surface area contributed by atoms with Crippen LogP contribution in [0.2, 0.25) is 0 Å². The molecule has 3 aliphatic carbocycles. The van der Waals surface area contributed by atoms with E-state index in [1.165, 1.54) is 44.1 Å². The van der Waals surface area contributed by atoms with Crippen molar-refractivity contribution >= 4 is 5.78 Å². The molecule has 26 heavy (non-hydrogen) atoms. The van der Waals surface area contributed by atoms with Crippen molar-refractivity contribution in [3.63, 3.8) is 0 Å². The molecule has 5 atom stereocenters. The van der Waals surface area contributed by atoms with Crippen LogP contribution in [0.3, 0.4) is 0 Å². The van der Waals surface area contributed by atoms with Crippen molar-refractivity contribution in [1.29, 1.82) is 0 Å². The zero-order valence-corrected chi connectivity index (χ0v) is 16.9. The van der Waals surface area contributed by atoms with Crippen LogP contribution in [0.25, 0.3) is 0 Å². The number of Topliss-reactive ketones (excluding diaryl/α,β-unsaturated/α-hetero) is 1. The van der Waals surface area contributed by atoms with Crippen LogP contribution in [0, 0.1) is 22.7 Å². The maximum Gasteiger partial charge on any atom is 0.129 e. The van der Waals surface area contributed by atoms with Crippen LogP contribution in [-0.2, 0) is 11.2 Å². The van der Waals surface area contributed by atoms with Gasteiger partial charge in [-0.05, 0) is 104 Å². The van der Waals surface area contributed by atoms with E-state index in [0.717, 1.165) is 36.3 Å². The molecule has 0 aliphatic heterocycles. The predicted octanol–water partition coefficient (Wildman–Crippen LogP) is 5.93. The fourth-order valence-electron chi connectivity index (χ4n) is 6.91. The lowest BCUT2D eigenvalue weighted by atomic mass is 9.50. The van der Waals surface area contributed by atoms with Gasteiger partial charge in [0.2, 0.25) is 0 Å². The Morgan fingerprint density at radius 2 is 2.00 bits per heavy atom. The third-order valence-corrected chi connectivity index (χ3v) is 8.74. The van der Waals surface area contributed by atoms with Crippen LogP contribution in [-0.4, -0.2) is 12.9 Å². The Bertz CT molecular complexity index is 708. The van der Waals surface area contributed by atoms with Crippen LogP contribution in [0.1, 0.15) is 82.8 Å². The van der Waals surface area contributed by atoms with Crippen molar-refractivity contribution in [1.82, 2.24) is 0 Å². The first-order valence-corrected chi connectivity index (χ1v) is 10.5. The quantitative estimate of drug-likeness (QED) is 0.670. The van der Waals surface area contributed by atoms with E-state index >= 15 is 0 Å². The van der Waals surface area contributed by atoms with Crippen LogP contribution < -0.4 is 4.74 Å². The van der Waals surface area contributed by atoms with Gasteiger partial charge in [0, 0.05) is 6.42 Å². The number of ether oxygens (including phenoxy) is 1. The Morgan fingerprint density at radius 1 is 1.19 bits per heavy atom. The van der Waals surface area contributed by atoms with Crippen LogP contribution in [0.15, 0.2) is 18.2 Å². The number of benzene rings is 1. The van der Waals surface area contributed by atoms with Gasteiger partial charge in [0.05, 0.1) is 7.11 Å². The minimum absolute atomic E-state index is 0.342. The highest BCUT2D eigenvalue weighted by molar-refractivity contribution is 5.75. The van der Waals surface area contributed by atoms with Gasteiger partial charge in [-0.3, -0.25) is 0 Å². The molecule has 3 aliphatic rings. The number of hydrogen-bond acceptors (Lipinski definition) is 2. The molecule has 0 heterocycles. The fraction of sp³-hybridized carbons (Fsp3) is 0.708. The normalized spacial score (nSPS) is 38.2. The number of ketones is 1. The summed E-state index contributed by atoms with van der Waals surface area (Å²) >= 11 is 0. The second-order valence-corrected chi connectivity index (χ2v) is 9.74. The summed E-state index contributed by atoms with van der Waals surface area (Å²) < 4.78 is 5.45. The highest BCUT2D eigenvalue weighted by Crippen LogP contribution is 2.68. The third kappa shape index (κ3) is 2.63. The lowest BCUT2D eigenvalue weighted by molar-refractivity contribution is -0.118. The summed E-state index contributed by atoms with van der Waals surface area (Å²) in [5.74, 6) is 3.74. The van der Waals surface area contributed by atoms with E-state index in [1.54, 1.807) is 19.6 Å². The average Bonchev–Trinajstić information content (AvgIpc) is 2.91. The number of fused-ring (bicyclic) bond motifs is 5. The molecule has 1 aromatic rings. The molecule has 2 fully saturated rings. The van der Waals surface area contributed by atoms with Gasteiger partial charge in [-0.15, -0.1) is 0 Å². The molecule has 0 radical (unpaired) electrons. The average molecular weight is 355 g/mol. The molecule has 2 saturated carbocycles. The molecule has 0 amide bonds. The molecule has 2 nitrogen and oxygen atoms in total. The molecule has 142 valence electrons. The first-order chi connectivity index (χ1) is 12.4. The van der Waals surface area contributed by atoms with Gasteiger partial charge in [0.25, 0.3) is 0 Å². The highest BCUT2D eigenvalue weighted by Gasteiger charge is 2.59. The summed E-state index contributed by atoms with van der Waals surface area (Å²) in [5, 5.41) is 0. The molecule has 4 rings (SSSR count). The third-order valence-electron chi connectivity index (χ3n) is 8.74. The van der Waals surface area contributed by atoms with E-state index in [1.807, 2.05) is 0 Å². The second-order valence-electron chi connectivity index (χ2n) is 9.74. The predicted molar refractivity (Wildman–Crippen MR) is 106 cm³/mol. The maximum absolute atomic E-state index is 11.6. The fourth-order valence-corrected chi connectivity index (χ4v) is 6.91. The van der Waals surface area contributed by atoms with Crippen LogP contribution in [0.5, 0.6) is 5.75 Å². The number of aryl methyl sites for hydroxylation is 1. The van der Waals surface area contributed by atoms with E-state index in [0.29, 0.717) is 16.6 Å². The SMILES string of the molecule is COc1ccc2c(c1)CC[C@@H]1[C@@H]2CC[C@@]2(C)[C@H]1CC[C@@]2(C)CCC(C)=O. The van der Waals surface area contributed by atoms with Crippen LogP contribution in [0.4, 0.5) is 0 Å². The van der Waals surface area contributed by atoms with E-state index in [2.05, 4.69) is 32.0 Å². The number of methoxy groups -OCH3 is 1. The molecular formula is C24H34O2. The monoisotopic (exact) mass is 354 g/mol. The van der Waals surface area contributed by atoms with Gasteiger partial charge in [-0.2, -0.15) is 0 Å². The zero-order chi connectivity index (χ0) is 18.5. The summed E-state index contributed by atoms with van der Waals surface area (Å²) in [4.78, 5) is 11.6. The molecule has 2 heteroatoms. The minimum Gasteiger partial charge on any atom is -0.497 e. The van der Waals surface area contributed by atoms with Gasteiger partial charge >= 0.3 is 0 Å². The largest absolute Gasteiger partial charge is 0.497 e. The highest BCUT2D eigenvalue weighted by atomic mass is 16.5. The Kier molecular flexibility index (Phi) is 4.44. The van der Waals surface area contributed by atoms with Crippen molar-refractivity contribution in [2.45, 2.75) is 78.1 Å². The van der Waals surface area contributed by atoms with Gasteiger partial charge in [0.15, 0.2) is 0 Å². The molecular weight excluding hydrogens is 320 g/mol. The lowest BCUT2D eigenvalue weighted by Gasteiger charge is -2.54. The Labute approximate surface area is 158 Å². The molecule has 0 bridgehead atoms. The number of hydrogen-bond donors (Lipinski definition) is 0. The van der Waals surface area contributed by atoms with Crippen molar-refractivity contribution in [2.75, 3.05) is 7.11 Å². The topological polar surface area (TPSA) is 26.3 Å². The summed E-state index contributed by atoms with van der Waals surface area (Å²) in [6.07, 6.45) is 9.66. The smallest absolute Gasteiger partial charge is 0.129 e. The molecule has 0 aromatic heterocycles. The van der Waals surface area contributed by atoms with E-state index < -0.39 is 0 Å². The number of carbonyl (C=O) groups excluding carboxylic acids is 1. The minimum atomic E-state index is 0.342.